The van der Waals surface area contributed by atoms with E-state index in [0.717, 1.165) is 0 Å². The van der Waals surface area contributed by atoms with Crippen molar-refractivity contribution < 1.29 is 4.52 Å². The first-order chi connectivity index (χ1) is 7.94. The molecule has 0 spiro atoms. The van der Waals surface area contributed by atoms with Gasteiger partial charge in [-0.2, -0.15) is 4.98 Å². The molecule has 2 aromatic rings. The zero-order valence-electron chi connectivity index (χ0n) is 9.33. The summed E-state index contributed by atoms with van der Waals surface area (Å²) in [5.74, 6) is 0.812. The minimum Gasteiger partial charge on any atom is -0.334 e. The average Bonchev–Trinajstić information content (AvgIpc) is 2.85. The molecule has 0 aliphatic heterocycles. The Morgan fingerprint density at radius 1 is 1.53 bits per heavy atom. The zero-order chi connectivity index (χ0) is 12.6. The molecule has 2 N–H and O–H groups in total. The summed E-state index contributed by atoms with van der Waals surface area (Å²) in [5.41, 5.74) is 6.07. The van der Waals surface area contributed by atoms with E-state index >= 15 is 0 Å². The van der Waals surface area contributed by atoms with Gasteiger partial charge in [-0.25, -0.2) is 0 Å². The monoisotopic (exact) mass is 291 g/mol. The number of nitrogens with two attached hydrogens (primary N) is 1. The summed E-state index contributed by atoms with van der Waals surface area (Å²) in [6.45, 7) is 3.81. The molecule has 0 aliphatic rings. The molecule has 17 heavy (non-hydrogen) atoms. The second-order valence-electron chi connectivity index (χ2n) is 3.93. The minimum absolute atomic E-state index is 0.346. The van der Waals surface area contributed by atoms with Gasteiger partial charge in [0.1, 0.15) is 4.34 Å². The van der Waals surface area contributed by atoms with Crippen LogP contribution in [0.2, 0.25) is 8.67 Å². The topological polar surface area (TPSA) is 64.9 Å². The van der Waals surface area contributed by atoms with E-state index in [-0.39, 0.29) is 0 Å². The first-order valence-corrected chi connectivity index (χ1v) is 6.59. The van der Waals surface area contributed by atoms with Gasteiger partial charge in [0.2, 0.25) is 0 Å². The molecule has 0 amide bonds. The predicted molar refractivity (Wildman–Crippen MR) is 69.5 cm³/mol. The Morgan fingerprint density at radius 2 is 2.24 bits per heavy atom. The van der Waals surface area contributed by atoms with E-state index in [1.165, 1.54) is 11.3 Å². The predicted octanol–water partition coefficient (Wildman–Crippen LogP) is 3.69. The van der Waals surface area contributed by atoms with Gasteiger partial charge in [-0.05, 0) is 19.4 Å². The third-order valence-corrected chi connectivity index (χ3v) is 4.05. The number of halogens is 2. The Labute approximate surface area is 113 Å². The molecule has 0 radical (unpaired) electrons. The van der Waals surface area contributed by atoms with Gasteiger partial charge < -0.3 is 10.3 Å². The number of hydrogen-bond donors (Lipinski definition) is 1. The number of hydrogen-bond acceptors (Lipinski definition) is 5. The third-order valence-electron chi connectivity index (χ3n) is 2.56. The van der Waals surface area contributed by atoms with E-state index in [1.807, 2.05) is 13.8 Å². The van der Waals surface area contributed by atoms with E-state index < -0.39 is 5.54 Å². The number of aromatic nitrogens is 2. The summed E-state index contributed by atoms with van der Waals surface area (Å²) in [5, 5.41) is 3.88. The van der Waals surface area contributed by atoms with Crippen LogP contribution >= 0.6 is 34.5 Å². The Bertz CT molecular complexity index is 535. The third kappa shape index (κ3) is 2.47. The highest BCUT2D eigenvalue weighted by Gasteiger charge is 2.26. The Morgan fingerprint density at radius 3 is 2.76 bits per heavy atom. The molecule has 0 aromatic carbocycles. The molecule has 0 bridgehead atoms. The minimum atomic E-state index is -0.603. The molecule has 0 saturated carbocycles. The first-order valence-electron chi connectivity index (χ1n) is 5.02. The molecule has 0 fully saturated rings. The molecule has 2 aromatic heterocycles. The van der Waals surface area contributed by atoms with Crippen LogP contribution in [0.4, 0.5) is 0 Å². The molecule has 2 rings (SSSR count). The fourth-order valence-electron chi connectivity index (χ4n) is 1.21. The van der Waals surface area contributed by atoms with Crippen molar-refractivity contribution in [3.8, 4) is 11.5 Å². The van der Waals surface area contributed by atoms with Gasteiger partial charge in [-0.3, -0.25) is 0 Å². The highest BCUT2D eigenvalue weighted by atomic mass is 35.5. The Hall–Kier alpha value is -0.620. The molecule has 92 valence electrons. The highest BCUT2D eigenvalue weighted by molar-refractivity contribution is 7.20. The van der Waals surface area contributed by atoms with E-state index in [4.69, 9.17) is 33.5 Å². The maximum atomic E-state index is 6.03. The molecular weight excluding hydrogens is 281 g/mol. The van der Waals surface area contributed by atoms with Crippen LogP contribution in [0, 0.1) is 0 Å². The standard InChI is InChI=1S/C10H11Cl2N3OS/c1-3-10(2,13)9-14-8(16-15-9)5-4-6(11)17-7(5)12/h4H,3,13H2,1-2H3. The smallest absolute Gasteiger partial charge is 0.260 e. The summed E-state index contributed by atoms with van der Waals surface area (Å²) in [6, 6.07) is 1.70. The van der Waals surface area contributed by atoms with Crippen LogP contribution in [0.5, 0.6) is 0 Å². The van der Waals surface area contributed by atoms with Gasteiger partial charge >= 0.3 is 0 Å². The van der Waals surface area contributed by atoms with Crippen LogP contribution in [0.15, 0.2) is 10.6 Å². The van der Waals surface area contributed by atoms with Crippen molar-refractivity contribution in [1.82, 2.24) is 10.1 Å². The normalized spacial score (nSPS) is 14.9. The maximum absolute atomic E-state index is 6.03. The summed E-state index contributed by atoms with van der Waals surface area (Å²) >= 11 is 13.1. The second-order valence-corrected chi connectivity index (χ2v) is 6.22. The van der Waals surface area contributed by atoms with Gasteiger partial charge in [-0.1, -0.05) is 35.3 Å². The van der Waals surface area contributed by atoms with E-state index in [1.54, 1.807) is 6.07 Å². The van der Waals surface area contributed by atoms with Gasteiger partial charge in [0.25, 0.3) is 5.89 Å². The average molecular weight is 292 g/mol. The van der Waals surface area contributed by atoms with E-state index in [2.05, 4.69) is 10.1 Å². The largest absolute Gasteiger partial charge is 0.334 e. The lowest BCUT2D eigenvalue weighted by atomic mass is 10.0. The van der Waals surface area contributed by atoms with Crippen LogP contribution in [0.3, 0.4) is 0 Å². The van der Waals surface area contributed by atoms with Crippen molar-refractivity contribution in [2.45, 2.75) is 25.8 Å². The molecule has 2 heterocycles. The van der Waals surface area contributed by atoms with Crippen LogP contribution in [-0.2, 0) is 5.54 Å². The van der Waals surface area contributed by atoms with Gasteiger partial charge in [0.05, 0.1) is 15.4 Å². The molecule has 0 aliphatic carbocycles. The quantitative estimate of drug-likeness (QED) is 0.937. The Kier molecular flexibility index (Phi) is 3.45. The van der Waals surface area contributed by atoms with Crippen LogP contribution in [0.25, 0.3) is 11.5 Å². The molecular formula is C10H11Cl2N3OS. The van der Waals surface area contributed by atoms with Crippen molar-refractivity contribution >= 4 is 34.5 Å². The summed E-state index contributed by atoms with van der Waals surface area (Å²) < 4.78 is 6.26. The summed E-state index contributed by atoms with van der Waals surface area (Å²) in [6.07, 6.45) is 0.712. The van der Waals surface area contributed by atoms with Crippen molar-refractivity contribution in [1.29, 1.82) is 0 Å². The lowest BCUT2D eigenvalue weighted by Gasteiger charge is -2.16. The molecule has 1 unspecified atom stereocenters. The van der Waals surface area contributed by atoms with Gasteiger partial charge in [0, 0.05) is 0 Å². The number of rotatable bonds is 3. The second kappa shape index (κ2) is 4.57. The first kappa shape index (κ1) is 12.8. The number of thiophene rings is 1. The fraction of sp³-hybridized carbons (Fsp3) is 0.400. The highest BCUT2D eigenvalue weighted by Crippen LogP contribution is 2.37. The molecule has 7 heteroatoms. The van der Waals surface area contributed by atoms with Gasteiger partial charge in [-0.15, -0.1) is 11.3 Å². The van der Waals surface area contributed by atoms with Crippen molar-refractivity contribution in [3.63, 3.8) is 0 Å². The summed E-state index contributed by atoms with van der Waals surface area (Å²) in [4.78, 5) is 4.26. The molecule has 1 atom stereocenters. The van der Waals surface area contributed by atoms with E-state index in [9.17, 15) is 0 Å². The van der Waals surface area contributed by atoms with Gasteiger partial charge in [0.15, 0.2) is 5.82 Å². The molecule has 4 nitrogen and oxygen atoms in total. The van der Waals surface area contributed by atoms with Crippen molar-refractivity contribution in [2.75, 3.05) is 0 Å². The van der Waals surface area contributed by atoms with Crippen LogP contribution < -0.4 is 5.73 Å². The van der Waals surface area contributed by atoms with Crippen LogP contribution in [-0.4, -0.2) is 10.1 Å². The SMILES string of the molecule is CCC(C)(N)c1noc(-c2cc(Cl)sc2Cl)n1. The van der Waals surface area contributed by atoms with Crippen LogP contribution in [0.1, 0.15) is 26.1 Å². The number of nitrogens with zero attached hydrogens (tertiary/aromatic N) is 2. The van der Waals surface area contributed by atoms with Crippen molar-refractivity contribution in [3.05, 3.63) is 20.6 Å². The van der Waals surface area contributed by atoms with Crippen molar-refractivity contribution in [2.24, 2.45) is 5.73 Å². The Balaban J connectivity index is 2.40. The lowest BCUT2D eigenvalue weighted by molar-refractivity contribution is 0.379. The van der Waals surface area contributed by atoms with E-state index in [0.29, 0.717) is 32.4 Å². The maximum Gasteiger partial charge on any atom is 0.260 e. The summed E-state index contributed by atoms with van der Waals surface area (Å²) in [7, 11) is 0. The fourth-order valence-corrected chi connectivity index (χ4v) is 2.66. The lowest BCUT2D eigenvalue weighted by Crippen LogP contribution is -2.33. The molecule has 0 saturated heterocycles. The zero-order valence-corrected chi connectivity index (χ0v) is 11.7.